The van der Waals surface area contributed by atoms with E-state index in [9.17, 15) is 4.79 Å². The average Bonchev–Trinajstić information content (AvgIpc) is 2.60. The van der Waals surface area contributed by atoms with Crippen LogP contribution in [-0.2, 0) is 11.3 Å². The molecule has 0 atom stereocenters. The number of aromatic nitrogens is 2. The fraction of sp³-hybridized carbons (Fsp3) is 0.312. The summed E-state index contributed by atoms with van der Waals surface area (Å²) in [4.78, 5) is 22.8. The fourth-order valence-electron chi connectivity index (χ4n) is 2.42. The van der Waals surface area contributed by atoms with Crippen LogP contribution in [0.2, 0.25) is 5.02 Å². The zero-order valence-electron chi connectivity index (χ0n) is 12.5. The fourth-order valence-corrected chi connectivity index (χ4v) is 2.58. The van der Waals surface area contributed by atoms with E-state index in [4.69, 9.17) is 16.3 Å². The van der Waals surface area contributed by atoms with Gasteiger partial charge in [0.1, 0.15) is 11.5 Å². The lowest BCUT2D eigenvalue weighted by atomic mass is 10.2. The number of rotatable bonds is 4. The van der Waals surface area contributed by atoms with E-state index in [1.54, 1.807) is 18.3 Å². The summed E-state index contributed by atoms with van der Waals surface area (Å²) >= 11 is 5.88. The quantitative estimate of drug-likeness (QED) is 0.926. The lowest BCUT2D eigenvalue weighted by Gasteiger charge is -2.29. The summed E-state index contributed by atoms with van der Waals surface area (Å²) in [5.41, 5.74) is 1.26. The van der Waals surface area contributed by atoms with Crippen molar-refractivity contribution in [1.29, 1.82) is 0 Å². The average molecular weight is 333 g/mol. The van der Waals surface area contributed by atoms with E-state index >= 15 is 0 Å². The van der Waals surface area contributed by atoms with Crippen molar-refractivity contribution in [2.45, 2.75) is 6.54 Å². The maximum absolute atomic E-state index is 12.2. The Morgan fingerprint density at radius 1 is 1.26 bits per heavy atom. The van der Waals surface area contributed by atoms with Gasteiger partial charge in [-0.15, -0.1) is 0 Å². The minimum atomic E-state index is -0.260. The number of amides is 1. The maximum atomic E-state index is 12.2. The molecule has 1 saturated heterocycles. The van der Waals surface area contributed by atoms with Crippen molar-refractivity contribution in [3.63, 3.8) is 0 Å². The summed E-state index contributed by atoms with van der Waals surface area (Å²) in [6, 6.07) is 7.01. The molecule has 1 fully saturated rings. The molecule has 1 aliphatic heterocycles. The Bertz CT molecular complexity index is 689. The number of nitrogens with zero attached hydrogens (tertiary/aromatic N) is 3. The van der Waals surface area contributed by atoms with E-state index in [0.717, 1.165) is 24.5 Å². The SMILES string of the molecule is O=C(NCc1cccnc1N1CCOCC1)c1cc(Cl)ccn1. The van der Waals surface area contributed by atoms with Crippen LogP contribution in [0.3, 0.4) is 0 Å². The molecule has 0 saturated carbocycles. The van der Waals surface area contributed by atoms with Crippen molar-refractivity contribution in [3.05, 3.63) is 52.9 Å². The van der Waals surface area contributed by atoms with Crippen molar-refractivity contribution < 1.29 is 9.53 Å². The third-order valence-corrected chi connectivity index (χ3v) is 3.81. The number of nitrogens with one attached hydrogen (secondary N) is 1. The van der Waals surface area contributed by atoms with Crippen LogP contribution >= 0.6 is 11.6 Å². The third-order valence-electron chi connectivity index (χ3n) is 3.57. The van der Waals surface area contributed by atoms with E-state index in [2.05, 4.69) is 20.2 Å². The molecular formula is C16H17ClN4O2. The van der Waals surface area contributed by atoms with Crippen LogP contribution in [0, 0.1) is 0 Å². The summed E-state index contributed by atoms with van der Waals surface area (Å²) in [5.74, 6) is 0.624. The normalized spacial score (nSPS) is 14.6. The van der Waals surface area contributed by atoms with Gasteiger partial charge in [-0.05, 0) is 18.2 Å². The molecule has 2 aromatic heterocycles. The van der Waals surface area contributed by atoms with Gasteiger partial charge in [-0.1, -0.05) is 17.7 Å². The maximum Gasteiger partial charge on any atom is 0.270 e. The number of carbonyl (C=O) groups is 1. The summed E-state index contributed by atoms with van der Waals surface area (Å²) in [6.45, 7) is 3.36. The van der Waals surface area contributed by atoms with Crippen LogP contribution in [0.15, 0.2) is 36.7 Å². The molecule has 0 aliphatic carbocycles. The molecule has 1 N–H and O–H groups in total. The van der Waals surface area contributed by atoms with E-state index in [0.29, 0.717) is 30.5 Å². The molecular weight excluding hydrogens is 316 g/mol. The zero-order chi connectivity index (χ0) is 16.1. The number of morpholine rings is 1. The van der Waals surface area contributed by atoms with E-state index < -0.39 is 0 Å². The first-order valence-electron chi connectivity index (χ1n) is 7.40. The van der Waals surface area contributed by atoms with Crippen LogP contribution in [0.4, 0.5) is 5.82 Å². The molecule has 3 heterocycles. The van der Waals surface area contributed by atoms with Gasteiger partial charge >= 0.3 is 0 Å². The molecule has 1 amide bonds. The van der Waals surface area contributed by atoms with Crippen LogP contribution in [0.1, 0.15) is 16.1 Å². The Morgan fingerprint density at radius 3 is 2.87 bits per heavy atom. The number of anilines is 1. The molecule has 1 aliphatic rings. The Morgan fingerprint density at radius 2 is 2.09 bits per heavy atom. The topological polar surface area (TPSA) is 67.4 Å². The number of hydrogen-bond acceptors (Lipinski definition) is 5. The third kappa shape index (κ3) is 3.97. The van der Waals surface area contributed by atoms with E-state index in [-0.39, 0.29) is 5.91 Å². The zero-order valence-corrected chi connectivity index (χ0v) is 13.3. The predicted molar refractivity (Wildman–Crippen MR) is 87.7 cm³/mol. The van der Waals surface area contributed by atoms with Gasteiger partial charge in [-0.25, -0.2) is 4.98 Å². The number of ether oxygens (including phenoxy) is 1. The highest BCUT2D eigenvalue weighted by atomic mass is 35.5. The molecule has 120 valence electrons. The molecule has 0 bridgehead atoms. The van der Waals surface area contributed by atoms with Crippen LogP contribution in [0.5, 0.6) is 0 Å². The van der Waals surface area contributed by atoms with Crippen molar-refractivity contribution in [2.24, 2.45) is 0 Å². The second-order valence-electron chi connectivity index (χ2n) is 5.13. The molecule has 0 spiro atoms. The summed E-state index contributed by atoms with van der Waals surface area (Å²) < 4.78 is 5.37. The smallest absolute Gasteiger partial charge is 0.270 e. The first-order valence-corrected chi connectivity index (χ1v) is 7.78. The van der Waals surface area contributed by atoms with Crippen molar-refractivity contribution in [2.75, 3.05) is 31.2 Å². The van der Waals surface area contributed by atoms with Gasteiger partial charge in [-0.3, -0.25) is 9.78 Å². The van der Waals surface area contributed by atoms with Gasteiger partial charge in [0.05, 0.1) is 13.2 Å². The largest absolute Gasteiger partial charge is 0.378 e. The molecule has 6 nitrogen and oxygen atoms in total. The van der Waals surface area contributed by atoms with E-state index in [1.165, 1.54) is 6.20 Å². The summed E-state index contributed by atoms with van der Waals surface area (Å²) in [6.07, 6.45) is 3.27. The number of halogens is 1. The monoisotopic (exact) mass is 332 g/mol. The molecule has 2 aromatic rings. The number of hydrogen-bond donors (Lipinski definition) is 1. The Kier molecular flexibility index (Phi) is 5.05. The standard InChI is InChI=1S/C16H17ClN4O2/c17-13-3-5-18-14(10-13)16(22)20-11-12-2-1-4-19-15(12)21-6-8-23-9-7-21/h1-5,10H,6-9,11H2,(H,20,22). The molecule has 0 unspecified atom stereocenters. The minimum absolute atomic E-state index is 0.260. The molecule has 3 rings (SSSR count). The molecule has 7 heteroatoms. The highest BCUT2D eigenvalue weighted by Crippen LogP contribution is 2.18. The van der Waals surface area contributed by atoms with Crippen molar-refractivity contribution in [3.8, 4) is 0 Å². The summed E-state index contributed by atoms with van der Waals surface area (Å²) in [7, 11) is 0. The predicted octanol–water partition coefficient (Wildman–Crippen LogP) is 1.90. The van der Waals surface area contributed by atoms with Crippen LogP contribution in [-0.4, -0.2) is 42.2 Å². The van der Waals surface area contributed by atoms with Gasteiger partial charge in [0, 0.05) is 42.6 Å². The van der Waals surface area contributed by atoms with Gasteiger partial charge in [0.2, 0.25) is 0 Å². The Hall–Kier alpha value is -2.18. The molecule has 0 radical (unpaired) electrons. The Balaban J connectivity index is 1.69. The first kappa shape index (κ1) is 15.7. The second kappa shape index (κ2) is 7.39. The van der Waals surface area contributed by atoms with Crippen LogP contribution < -0.4 is 10.2 Å². The highest BCUT2D eigenvalue weighted by Gasteiger charge is 2.16. The van der Waals surface area contributed by atoms with Gasteiger partial charge in [-0.2, -0.15) is 0 Å². The summed E-state index contributed by atoms with van der Waals surface area (Å²) in [5, 5.41) is 3.35. The van der Waals surface area contributed by atoms with Gasteiger partial charge in [0.25, 0.3) is 5.91 Å². The van der Waals surface area contributed by atoms with Crippen LogP contribution in [0.25, 0.3) is 0 Å². The highest BCUT2D eigenvalue weighted by molar-refractivity contribution is 6.30. The lowest BCUT2D eigenvalue weighted by molar-refractivity contribution is 0.0945. The van der Waals surface area contributed by atoms with Gasteiger partial charge in [0.15, 0.2) is 0 Å². The lowest BCUT2D eigenvalue weighted by Crippen LogP contribution is -2.37. The van der Waals surface area contributed by atoms with E-state index in [1.807, 2.05) is 12.1 Å². The first-order chi connectivity index (χ1) is 11.2. The number of carbonyl (C=O) groups excluding carboxylic acids is 1. The number of pyridine rings is 2. The van der Waals surface area contributed by atoms with Crippen molar-refractivity contribution in [1.82, 2.24) is 15.3 Å². The molecule has 23 heavy (non-hydrogen) atoms. The van der Waals surface area contributed by atoms with Crippen molar-refractivity contribution >= 4 is 23.3 Å². The minimum Gasteiger partial charge on any atom is -0.378 e. The second-order valence-corrected chi connectivity index (χ2v) is 5.56. The van der Waals surface area contributed by atoms with Gasteiger partial charge < -0.3 is 15.0 Å². The molecule has 0 aromatic carbocycles. The Labute approximate surface area is 139 Å².